The average Bonchev–Trinajstić information content (AvgIpc) is 2.10. The maximum atomic E-state index is 9.23. The van der Waals surface area contributed by atoms with Gasteiger partial charge in [0.2, 0.25) is 0 Å². The van der Waals surface area contributed by atoms with Gasteiger partial charge in [-0.25, -0.2) is 0 Å². The van der Waals surface area contributed by atoms with Gasteiger partial charge < -0.3 is 8.17 Å². The van der Waals surface area contributed by atoms with E-state index in [9.17, 15) is 5.11 Å². The summed E-state index contributed by atoms with van der Waals surface area (Å²) in [5, 5.41) is 9.23. The second-order valence-electron chi connectivity index (χ2n) is 2.77. The van der Waals surface area contributed by atoms with E-state index in [0.717, 1.165) is 12.8 Å². The molecule has 54 valence electrons. The molecule has 1 rings (SSSR count). The summed E-state index contributed by atoms with van der Waals surface area (Å²) in [6.45, 7) is 2.14. The molecule has 1 saturated carbocycles. The molecule has 0 aromatic carbocycles. The molecule has 1 fully saturated rings. The van der Waals surface area contributed by atoms with E-state index in [4.69, 9.17) is 3.07 Å². The van der Waals surface area contributed by atoms with Gasteiger partial charge in [-0.2, -0.15) is 0 Å². The van der Waals surface area contributed by atoms with Crippen LogP contribution in [0.4, 0.5) is 0 Å². The van der Waals surface area contributed by atoms with Crippen molar-refractivity contribution in [1.29, 1.82) is 0 Å². The number of hydrogen-bond acceptors (Lipinski definition) is 2. The van der Waals surface area contributed by atoms with E-state index in [1.165, 1.54) is 0 Å². The molecular formula is C6H11IO2. The summed E-state index contributed by atoms with van der Waals surface area (Å²) in [5.41, 5.74) is 0. The van der Waals surface area contributed by atoms with Crippen molar-refractivity contribution < 1.29 is 8.17 Å². The molecule has 3 atom stereocenters. The highest BCUT2D eigenvalue weighted by Crippen LogP contribution is 2.28. The van der Waals surface area contributed by atoms with Gasteiger partial charge in [0.25, 0.3) is 0 Å². The summed E-state index contributed by atoms with van der Waals surface area (Å²) >= 11 is 1.85. The molecule has 2 nitrogen and oxygen atoms in total. The average molecular weight is 242 g/mol. The van der Waals surface area contributed by atoms with Gasteiger partial charge in [0.1, 0.15) is 23.0 Å². The van der Waals surface area contributed by atoms with Gasteiger partial charge in [-0.05, 0) is 18.8 Å². The molecule has 0 spiro atoms. The van der Waals surface area contributed by atoms with E-state index >= 15 is 0 Å². The summed E-state index contributed by atoms with van der Waals surface area (Å²) in [5.74, 6) is 0.625. The maximum absolute atomic E-state index is 9.23. The van der Waals surface area contributed by atoms with E-state index in [1.807, 2.05) is 23.0 Å². The monoisotopic (exact) mass is 242 g/mol. The van der Waals surface area contributed by atoms with Crippen LogP contribution >= 0.6 is 23.0 Å². The molecule has 1 aliphatic carbocycles. The van der Waals surface area contributed by atoms with E-state index in [1.54, 1.807) is 0 Å². The Morgan fingerprint density at radius 3 is 2.44 bits per heavy atom. The smallest absolute Gasteiger partial charge is 0.110 e. The Kier molecular flexibility index (Phi) is 2.73. The third-order valence-electron chi connectivity index (χ3n) is 1.82. The Morgan fingerprint density at radius 1 is 1.56 bits per heavy atom. The van der Waals surface area contributed by atoms with E-state index in [-0.39, 0.29) is 12.2 Å². The van der Waals surface area contributed by atoms with Crippen LogP contribution in [0.1, 0.15) is 19.8 Å². The Balaban J connectivity index is 2.38. The highest BCUT2D eigenvalue weighted by molar-refractivity contribution is 14.1. The normalized spacial score (nSPS) is 43.7. The lowest BCUT2D eigenvalue weighted by Crippen LogP contribution is -2.18. The lowest BCUT2D eigenvalue weighted by atomic mass is 10.1. The summed E-state index contributed by atoms with van der Waals surface area (Å²) in [4.78, 5) is 0. The molecule has 0 saturated heterocycles. The summed E-state index contributed by atoms with van der Waals surface area (Å²) in [6.07, 6.45) is 1.76. The molecule has 0 aliphatic heterocycles. The fourth-order valence-electron chi connectivity index (χ4n) is 1.31. The third-order valence-corrected chi connectivity index (χ3v) is 2.48. The highest BCUT2D eigenvalue weighted by Gasteiger charge is 2.30. The molecule has 3 unspecified atom stereocenters. The molecular weight excluding hydrogens is 231 g/mol. The van der Waals surface area contributed by atoms with Crippen LogP contribution in [0, 0.1) is 5.92 Å². The molecule has 0 aromatic rings. The number of aliphatic hydroxyl groups excluding tert-OH is 1. The van der Waals surface area contributed by atoms with Crippen molar-refractivity contribution in [1.82, 2.24) is 0 Å². The molecule has 3 heteroatoms. The fraction of sp³-hybridized carbons (Fsp3) is 1.00. The van der Waals surface area contributed by atoms with Crippen molar-refractivity contribution in [3.8, 4) is 0 Å². The maximum Gasteiger partial charge on any atom is 0.110 e. The SMILES string of the molecule is CC1CC(O)C(OI)C1. The van der Waals surface area contributed by atoms with Crippen LogP contribution in [-0.4, -0.2) is 17.3 Å². The van der Waals surface area contributed by atoms with Gasteiger partial charge in [-0.1, -0.05) is 6.92 Å². The first kappa shape index (κ1) is 7.75. The van der Waals surface area contributed by atoms with Crippen LogP contribution in [-0.2, 0) is 3.07 Å². The van der Waals surface area contributed by atoms with Crippen LogP contribution in [0.25, 0.3) is 0 Å². The predicted octanol–water partition coefficient (Wildman–Crippen LogP) is 1.51. The minimum atomic E-state index is -0.225. The number of rotatable bonds is 1. The van der Waals surface area contributed by atoms with Crippen molar-refractivity contribution in [2.24, 2.45) is 5.92 Å². The minimum Gasteiger partial charge on any atom is -0.390 e. The van der Waals surface area contributed by atoms with Gasteiger partial charge in [0.15, 0.2) is 0 Å². The van der Waals surface area contributed by atoms with Crippen molar-refractivity contribution in [3.05, 3.63) is 0 Å². The van der Waals surface area contributed by atoms with Crippen LogP contribution < -0.4 is 0 Å². The fourth-order valence-corrected chi connectivity index (χ4v) is 1.86. The first-order valence-corrected chi connectivity index (χ1v) is 4.07. The first-order chi connectivity index (χ1) is 4.24. The van der Waals surface area contributed by atoms with Crippen molar-refractivity contribution >= 4 is 23.0 Å². The van der Waals surface area contributed by atoms with Crippen molar-refractivity contribution in [2.75, 3.05) is 0 Å². The molecule has 9 heavy (non-hydrogen) atoms. The summed E-state index contributed by atoms with van der Waals surface area (Å²) in [7, 11) is 0. The third kappa shape index (κ3) is 1.78. The Labute approximate surface area is 69.3 Å². The van der Waals surface area contributed by atoms with Crippen LogP contribution in [0.15, 0.2) is 0 Å². The molecule has 1 N–H and O–H groups in total. The van der Waals surface area contributed by atoms with Crippen LogP contribution in [0.5, 0.6) is 0 Å². The molecule has 0 bridgehead atoms. The first-order valence-electron chi connectivity index (χ1n) is 3.19. The zero-order chi connectivity index (χ0) is 6.85. The second kappa shape index (κ2) is 3.16. The molecule has 0 radical (unpaired) electrons. The van der Waals surface area contributed by atoms with E-state index < -0.39 is 0 Å². The zero-order valence-corrected chi connectivity index (χ0v) is 7.54. The van der Waals surface area contributed by atoms with Gasteiger partial charge in [0, 0.05) is 0 Å². The molecule has 0 heterocycles. The predicted molar refractivity (Wildman–Crippen MR) is 43.3 cm³/mol. The minimum absolute atomic E-state index is 0.0839. The summed E-state index contributed by atoms with van der Waals surface area (Å²) in [6, 6.07) is 0. The van der Waals surface area contributed by atoms with Crippen molar-refractivity contribution in [2.45, 2.75) is 32.0 Å². The van der Waals surface area contributed by atoms with Crippen LogP contribution in [0.2, 0.25) is 0 Å². The number of hydrogen-bond donors (Lipinski definition) is 1. The Morgan fingerprint density at radius 2 is 2.22 bits per heavy atom. The van der Waals surface area contributed by atoms with Gasteiger partial charge in [-0.3, -0.25) is 0 Å². The largest absolute Gasteiger partial charge is 0.390 e. The highest BCUT2D eigenvalue weighted by atomic mass is 127. The van der Waals surface area contributed by atoms with Crippen molar-refractivity contribution in [3.63, 3.8) is 0 Å². The quantitative estimate of drug-likeness (QED) is 0.706. The zero-order valence-electron chi connectivity index (χ0n) is 5.38. The van der Waals surface area contributed by atoms with E-state index in [2.05, 4.69) is 6.92 Å². The standard InChI is InChI=1S/C6H11IO2/c1-4-2-5(8)6(3-4)9-7/h4-6,8H,2-3H2,1H3. The Bertz CT molecular complexity index is 97.1. The number of halogens is 1. The van der Waals surface area contributed by atoms with Crippen LogP contribution in [0.3, 0.4) is 0 Å². The van der Waals surface area contributed by atoms with Gasteiger partial charge >= 0.3 is 0 Å². The number of aliphatic hydroxyl groups is 1. The topological polar surface area (TPSA) is 29.5 Å². The second-order valence-corrected chi connectivity index (χ2v) is 3.28. The molecule has 1 aliphatic rings. The Hall–Kier alpha value is 0.650. The molecule has 0 aromatic heterocycles. The van der Waals surface area contributed by atoms with Gasteiger partial charge in [-0.15, -0.1) is 0 Å². The molecule has 0 amide bonds. The lowest BCUT2D eigenvalue weighted by Gasteiger charge is -2.08. The summed E-state index contributed by atoms with van der Waals surface area (Å²) < 4.78 is 5.01. The van der Waals surface area contributed by atoms with Gasteiger partial charge in [0.05, 0.1) is 12.2 Å². The lowest BCUT2D eigenvalue weighted by molar-refractivity contribution is 0.0878. The van der Waals surface area contributed by atoms with E-state index in [0.29, 0.717) is 5.92 Å².